The fourth-order valence-electron chi connectivity index (χ4n) is 1.44. The molecule has 0 saturated heterocycles. The molecule has 0 aromatic rings. The van der Waals surface area contributed by atoms with Crippen LogP contribution in [0.1, 0.15) is 39.5 Å². The fraction of sp³-hybridized carbons (Fsp3) is 1.00. The van der Waals surface area contributed by atoms with Gasteiger partial charge in [0.25, 0.3) is 0 Å². The molecule has 0 radical (unpaired) electrons. The van der Waals surface area contributed by atoms with Gasteiger partial charge < -0.3 is 15.5 Å². The Morgan fingerprint density at radius 1 is 1.15 bits per heavy atom. The van der Waals surface area contributed by atoms with E-state index in [4.69, 9.17) is 10.2 Å². The molecular formula is C10H23NO2. The van der Waals surface area contributed by atoms with Crippen LogP contribution in [-0.4, -0.2) is 35.5 Å². The van der Waals surface area contributed by atoms with E-state index in [0.29, 0.717) is 12.1 Å². The van der Waals surface area contributed by atoms with Crippen LogP contribution in [0.2, 0.25) is 0 Å². The minimum absolute atomic E-state index is 0.248. The number of hydrogen-bond donors (Lipinski definition) is 3. The van der Waals surface area contributed by atoms with Crippen LogP contribution in [0.25, 0.3) is 0 Å². The Labute approximate surface area is 81.2 Å². The van der Waals surface area contributed by atoms with Crippen molar-refractivity contribution in [2.75, 3.05) is 13.2 Å². The Morgan fingerprint density at radius 3 is 2.31 bits per heavy atom. The maximum absolute atomic E-state index is 8.78. The second-order valence-electron chi connectivity index (χ2n) is 3.55. The van der Waals surface area contributed by atoms with Gasteiger partial charge in [-0.15, -0.1) is 0 Å². The predicted molar refractivity (Wildman–Crippen MR) is 54.7 cm³/mol. The number of aliphatic hydroxyl groups is 2. The zero-order valence-corrected chi connectivity index (χ0v) is 8.79. The van der Waals surface area contributed by atoms with E-state index in [1.165, 1.54) is 0 Å². The summed E-state index contributed by atoms with van der Waals surface area (Å²) in [7, 11) is 0. The third-order valence-corrected chi connectivity index (χ3v) is 2.29. The van der Waals surface area contributed by atoms with E-state index in [0.717, 1.165) is 25.7 Å². The highest BCUT2D eigenvalue weighted by molar-refractivity contribution is 4.69. The molecule has 13 heavy (non-hydrogen) atoms. The first kappa shape index (κ1) is 12.9. The molecule has 0 spiro atoms. The summed E-state index contributed by atoms with van der Waals surface area (Å²) in [5.74, 6) is 0. The summed E-state index contributed by atoms with van der Waals surface area (Å²) in [6, 6.07) is 0.849. The molecule has 0 amide bonds. The van der Waals surface area contributed by atoms with Crippen molar-refractivity contribution in [2.24, 2.45) is 0 Å². The van der Waals surface area contributed by atoms with Gasteiger partial charge in [0.05, 0.1) is 0 Å². The summed E-state index contributed by atoms with van der Waals surface area (Å²) in [4.78, 5) is 0. The smallest absolute Gasteiger partial charge is 0.0445 e. The molecule has 0 aliphatic rings. The summed E-state index contributed by atoms with van der Waals surface area (Å²) in [5.41, 5.74) is 0. The Bertz CT molecular complexity index is 109. The molecule has 0 rings (SSSR count). The average Bonchev–Trinajstić information content (AvgIpc) is 2.14. The molecular weight excluding hydrogens is 166 g/mol. The summed E-state index contributed by atoms with van der Waals surface area (Å²) in [6.45, 7) is 4.75. The van der Waals surface area contributed by atoms with Crippen LogP contribution in [0.3, 0.4) is 0 Å². The van der Waals surface area contributed by atoms with E-state index in [2.05, 4.69) is 19.2 Å². The lowest BCUT2D eigenvalue weighted by Crippen LogP contribution is -2.36. The highest BCUT2D eigenvalue weighted by atomic mass is 16.3. The second-order valence-corrected chi connectivity index (χ2v) is 3.55. The van der Waals surface area contributed by atoms with Gasteiger partial charge in [-0.25, -0.2) is 0 Å². The van der Waals surface area contributed by atoms with Crippen molar-refractivity contribution >= 4 is 0 Å². The second kappa shape index (κ2) is 8.48. The maximum atomic E-state index is 8.78. The first-order chi connectivity index (χ1) is 6.24. The van der Waals surface area contributed by atoms with Gasteiger partial charge in [-0.1, -0.05) is 6.92 Å². The molecule has 80 valence electrons. The van der Waals surface area contributed by atoms with Gasteiger partial charge in [-0.2, -0.15) is 0 Å². The molecule has 0 aromatic heterocycles. The third-order valence-electron chi connectivity index (χ3n) is 2.29. The standard InChI is InChI=1S/C10H23NO2/c1-3-10(6-8-13)11-9(2)5-4-7-12/h9-13H,3-8H2,1-2H3. The molecule has 2 atom stereocenters. The highest BCUT2D eigenvalue weighted by Gasteiger charge is 2.08. The third kappa shape index (κ3) is 6.99. The molecule has 0 aromatic carbocycles. The lowest BCUT2D eigenvalue weighted by atomic mass is 10.1. The number of nitrogens with one attached hydrogen (secondary N) is 1. The van der Waals surface area contributed by atoms with Gasteiger partial charge in [0.1, 0.15) is 0 Å². The van der Waals surface area contributed by atoms with Crippen LogP contribution in [0.4, 0.5) is 0 Å². The van der Waals surface area contributed by atoms with Crippen molar-refractivity contribution in [3.8, 4) is 0 Å². The van der Waals surface area contributed by atoms with Crippen molar-refractivity contribution < 1.29 is 10.2 Å². The Kier molecular flexibility index (Phi) is 8.40. The van der Waals surface area contributed by atoms with Crippen molar-refractivity contribution in [3.05, 3.63) is 0 Å². The van der Waals surface area contributed by atoms with Gasteiger partial charge in [0.15, 0.2) is 0 Å². The lowest BCUT2D eigenvalue weighted by Gasteiger charge is -2.21. The lowest BCUT2D eigenvalue weighted by molar-refractivity contribution is 0.247. The van der Waals surface area contributed by atoms with E-state index >= 15 is 0 Å². The Hall–Kier alpha value is -0.120. The van der Waals surface area contributed by atoms with E-state index < -0.39 is 0 Å². The van der Waals surface area contributed by atoms with Gasteiger partial charge in [-0.05, 0) is 32.6 Å². The quantitative estimate of drug-likeness (QED) is 0.532. The first-order valence-corrected chi connectivity index (χ1v) is 5.22. The SMILES string of the molecule is CCC(CCO)NC(C)CCCO. The predicted octanol–water partition coefficient (Wildman–Crippen LogP) is 0.898. The van der Waals surface area contributed by atoms with Gasteiger partial charge >= 0.3 is 0 Å². The minimum Gasteiger partial charge on any atom is -0.396 e. The Balaban J connectivity index is 3.53. The van der Waals surface area contributed by atoms with E-state index in [1.54, 1.807) is 0 Å². The van der Waals surface area contributed by atoms with Crippen molar-refractivity contribution in [1.82, 2.24) is 5.32 Å². The van der Waals surface area contributed by atoms with Crippen LogP contribution < -0.4 is 5.32 Å². The zero-order valence-electron chi connectivity index (χ0n) is 8.79. The monoisotopic (exact) mass is 189 g/mol. The summed E-state index contributed by atoms with van der Waals surface area (Å²) < 4.78 is 0. The molecule has 0 heterocycles. The van der Waals surface area contributed by atoms with Crippen LogP contribution in [-0.2, 0) is 0 Å². The normalized spacial score (nSPS) is 15.7. The molecule has 0 aliphatic carbocycles. The maximum Gasteiger partial charge on any atom is 0.0445 e. The van der Waals surface area contributed by atoms with Crippen molar-refractivity contribution in [3.63, 3.8) is 0 Å². The number of rotatable bonds is 8. The summed E-state index contributed by atoms with van der Waals surface area (Å²) >= 11 is 0. The summed E-state index contributed by atoms with van der Waals surface area (Å²) in [5, 5.41) is 20.9. The zero-order chi connectivity index (χ0) is 10.1. The molecule has 2 unspecified atom stereocenters. The minimum atomic E-state index is 0.248. The molecule has 0 saturated carbocycles. The van der Waals surface area contributed by atoms with Gasteiger partial charge in [0.2, 0.25) is 0 Å². The topological polar surface area (TPSA) is 52.5 Å². The molecule has 0 bridgehead atoms. The Morgan fingerprint density at radius 2 is 1.85 bits per heavy atom. The van der Waals surface area contributed by atoms with Gasteiger partial charge in [-0.3, -0.25) is 0 Å². The fourth-order valence-corrected chi connectivity index (χ4v) is 1.44. The molecule has 0 fully saturated rings. The largest absolute Gasteiger partial charge is 0.396 e. The van der Waals surface area contributed by atoms with Crippen LogP contribution in [0.15, 0.2) is 0 Å². The molecule has 3 N–H and O–H groups in total. The highest BCUT2D eigenvalue weighted by Crippen LogP contribution is 2.02. The molecule has 3 heteroatoms. The summed E-state index contributed by atoms with van der Waals surface area (Å²) in [6.07, 6.45) is 3.71. The van der Waals surface area contributed by atoms with Crippen molar-refractivity contribution in [1.29, 1.82) is 0 Å². The van der Waals surface area contributed by atoms with Crippen LogP contribution in [0.5, 0.6) is 0 Å². The van der Waals surface area contributed by atoms with E-state index in [1.807, 2.05) is 0 Å². The molecule has 0 aliphatic heterocycles. The van der Waals surface area contributed by atoms with E-state index in [-0.39, 0.29) is 13.2 Å². The van der Waals surface area contributed by atoms with Crippen molar-refractivity contribution in [2.45, 2.75) is 51.6 Å². The molecule has 3 nitrogen and oxygen atoms in total. The number of hydrogen-bond acceptors (Lipinski definition) is 3. The van der Waals surface area contributed by atoms with Crippen LogP contribution >= 0.6 is 0 Å². The first-order valence-electron chi connectivity index (χ1n) is 5.22. The van der Waals surface area contributed by atoms with Crippen LogP contribution in [0, 0.1) is 0 Å². The average molecular weight is 189 g/mol. The van der Waals surface area contributed by atoms with E-state index in [9.17, 15) is 0 Å². The van der Waals surface area contributed by atoms with Gasteiger partial charge in [0, 0.05) is 25.3 Å². The number of aliphatic hydroxyl groups excluding tert-OH is 2.